The standard InChI is InChI=1S/C18H17N3O4/c1-12(25-15-7-5-13(10-19)6-8-15)18(23)21-14-3-2-4-16(9-14)24-11-17(20)22/h2-9,12H,11H2,1H3,(H2,20,22)(H,21,23). The average Bonchev–Trinajstić information content (AvgIpc) is 2.61. The molecule has 3 N–H and O–H groups in total. The number of amides is 2. The van der Waals surface area contributed by atoms with Crippen molar-refractivity contribution in [2.75, 3.05) is 11.9 Å². The number of carbonyl (C=O) groups is 2. The van der Waals surface area contributed by atoms with Gasteiger partial charge >= 0.3 is 0 Å². The van der Waals surface area contributed by atoms with Crippen molar-refractivity contribution in [1.82, 2.24) is 0 Å². The van der Waals surface area contributed by atoms with Crippen molar-refractivity contribution < 1.29 is 19.1 Å². The summed E-state index contributed by atoms with van der Waals surface area (Å²) in [5.74, 6) is -0.0345. The lowest BCUT2D eigenvalue weighted by atomic mass is 10.2. The number of nitrogens with zero attached hydrogens (tertiary/aromatic N) is 1. The van der Waals surface area contributed by atoms with Crippen molar-refractivity contribution in [3.8, 4) is 17.6 Å². The molecular weight excluding hydrogens is 322 g/mol. The van der Waals surface area contributed by atoms with Crippen LogP contribution in [-0.4, -0.2) is 24.5 Å². The molecule has 0 radical (unpaired) electrons. The molecule has 0 heterocycles. The first-order chi connectivity index (χ1) is 12.0. The van der Waals surface area contributed by atoms with E-state index in [9.17, 15) is 9.59 Å². The van der Waals surface area contributed by atoms with E-state index in [-0.39, 0.29) is 12.5 Å². The largest absolute Gasteiger partial charge is 0.484 e. The molecule has 2 aromatic carbocycles. The van der Waals surface area contributed by atoms with Gasteiger partial charge in [-0.1, -0.05) is 6.07 Å². The summed E-state index contributed by atoms with van der Waals surface area (Å²) < 4.78 is 10.7. The maximum atomic E-state index is 12.2. The van der Waals surface area contributed by atoms with Crippen LogP contribution >= 0.6 is 0 Å². The van der Waals surface area contributed by atoms with Crippen LogP contribution in [0.1, 0.15) is 12.5 Å². The second kappa shape index (κ2) is 8.36. The van der Waals surface area contributed by atoms with Crippen molar-refractivity contribution in [3.05, 3.63) is 54.1 Å². The Morgan fingerprint density at radius 1 is 1.20 bits per heavy atom. The van der Waals surface area contributed by atoms with E-state index in [1.807, 2.05) is 6.07 Å². The van der Waals surface area contributed by atoms with Crippen LogP contribution in [0.4, 0.5) is 5.69 Å². The van der Waals surface area contributed by atoms with Gasteiger partial charge in [0.25, 0.3) is 11.8 Å². The summed E-state index contributed by atoms with van der Waals surface area (Å²) in [6, 6.07) is 15.1. The van der Waals surface area contributed by atoms with Crippen molar-refractivity contribution in [1.29, 1.82) is 5.26 Å². The Hall–Kier alpha value is -3.53. The van der Waals surface area contributed by atoms with E-state index in [4.69, 9.17) is 20.5 Å². The maximum absolute atomic E-state index is 12.2. The Morgan fingerprint density at radius 3 is 2.56 bits per heavy atom. The lowest BCUT2D eigenvalue weighted by Gasteiger charge is -2.15. The zero-order valence-corrected chi connectivity index (χ0v) is 13.6. The second-order valence-electron chi connectivity index (χ2n) is 5.17. The molecule has 0 spiro atoms. The van der Waals surface area contributed by atoms with Crippen LogP contribution in [0.5, 0.6) is 11.5 Å². The minimum atomic E-state index is -0.747. The van der Waals surface area contributed by atoms with Crippen LogP contribution in [-0.2, 0) is 9.59 Å². The Bertz CT molecular complexity index is 797. The van der Waals surface area contributed by atoms with E-state index in [0.29, 0.717) is 22.7 Å². The number of primary amides is 1. The minimum Gasteiger partial charge on any atom is -0.484 e. The molecule has 0 aromatic heterocycles. The molecule has 1 atom stereocenters. The predicted molar refractivity (Wildman–Crippen MR) is 91.0 cm³/mol. The van der Waals surface area contributed by atoms with E-state index >= 15 is 0 Å². The topological polar surface area (TPSA) is 114 Å². The van der Waals surface area contributed by atoms with Crippen LogP contribution < -0.4 is 20.5 Å². The molecule has 0 saturated carbocycles. The SMILES string of the molecule is CC(Oc1ccc(C#N)cc1)C(=O)Nc1cccc(OCC(N)=O)c1. The quantitative estimate of drug-likeness (QED) is 0.798. The van der Waals surface area contributed by atoms with E-state index in [1.165, 1.54) is 0 Å². The van der Waals surface area contributed by atoms with Gasteiger partial charge in [0, 0.05) is 11.8 Å². The number of nitrogens with one attached hydrogen (secondary N) is 1. The normalized spacial score (nSPS) is 11.0. The molecule has 0 aliphatic carbocycles. The highest BCUT2D eigenvalue weighted by atomic mass is 16.5. The molecular formula is C18H17N3O4. The van der Waals surface area contributed by atoms with Gasteiger partial charge in [-0.2, -0.15) is 5.26 Å². The van der Waals surface area contributed by atoms with Gasteiger partial charge in [-0.05, 0) is 43.3 Å². The zero-order valence-electron chi connectivity index (χ0n) is 13.6. The Labute approximate surface area is 145 Å². The number of ether oxygens (including phenoxy) is 2. The highest BCUT2D eigenvalue weighted by Crippen LogP contribution is 2.18. The molecule has 1 unspecified atom stereocenters. The molecule has 0 aliphatic heterocycles. The van der Waals surface area contributed by atoms with Gasteiger partial charge in [0.05, 0.1) is 11.6 Å². The molecule has 0 fully saturated rings. The number of hydrogen-bond donors (Lipinski definition) is 2. The van der Waals surface area contributed by atoms with Gasteiger partial charge in [0.1, 0.15) is 11.5 Å². The molecule has 25 heavy (non-hydrogen) atoms. The van der Waals surface area contributed by atoms with E-state index in [2.05, 4.69) is 5.32 Å². The summed E-state index contributed by atoms with van der Waals surface area (Å²) in [6.45, 7) is 1.37. The molecule has 7 nitrogen and oxygen atoms in total. The monoisotopic (exact) mass is 339 g/mol. The van der Waals surface area contributed by atoms with Gasteiger partial charge in [0.15, 0.2) is 12.7 Å². The van der Waals surface area contributed by atoms with E-state index in [1.54, 1.807) is 55.5 Å². The van der Waals surface area contributed by atoms with Gasteiger partial charge in [-0.3, -0.25) is 9.59 Å². The van der Waals surface area contributed by atoms with Gasteiger partial charge in [0.2, 0.25) is 0 Å². The number of rotatable bonds is 7. The number of benzene rings is 2. The molecule has 0 saturated heterocycles. The van der Waals surface area contributed by atoms with Crippen LogP contribution in [0, 0.1) is 11.3 Å². The van der Waals surface area contributed by atoms with Crippen molar-refractivity contribution in [2.24, 2.45) is 5.73 Å². The Kier molecular flexibility index (Phi) is 5.96. The lowest BCUT2D eigenvalue weighted by Crippen LogP contribution is -2.30. The van der Waals surface area contributed by atoms with Crippen LogP contribution in [0.2, 0.25) is 0 Å². The third kappa shape index (κ3) is 5.55. The summed E-state index contributed by atoms with van der Waals surface area (Å²) >= 11 is 0. The molecule has 7 heteroatoms. The lowest BCUT2D eigenvalue weighted by molar-refractivity contribution is -0.122. The number of nitriles is 1. The Morgan fingerprint density at radius 2 is 1.92 bits per heavy atom. The molecule has 2 aromatic rings. The van der Waals surface area contributed by atoms with Crippen molar-refractivity contribution in [3.63, 3.8) is 0 Å². The highest BCUT2D eigenvalue weighted by Gasteiger charge is 2.15. The summed E-state index contributed by atoms with van der Waals surface area (Å²) in [5.41, 5.74) is 6.04. The molecule has 2 rings (SSSR count). The average molecular weight is 339 g/mol. The third-order valence-corrected chi connectivity index (χ3v) is 3.15. The number of carbonyl (C=O) groups excluding carboxylic acids is 2. The molecule has 128 valence electrons. The first kappa shape index (κ1) is 17.8. The summed E-state index contributed by atoms with van der Waals surface area (Å²) in [7, 11) is 0. The number of hydrogen-bond acceptors (Lipinski definition) is 5. The van der Waals surface area contributed by atoms with Crippen LogP contribution in [0.15, 0.2) is 48.5 Å². The fourth-order valence-electron chi connectivity index (χ4n) is 1.93. The fraction of sp³-hybridized carbons (Fsp3) is 0.167. The van der Waals surface area contributed by atoms with E-state index in [0.717, 1.165) is 0 Å². The first-order valence-corrected chi connectivity index (χ1v) is 7.47. The summed E-state index contributed by atoms with van der Waals surface area (Å²) in [5, 5.41) is 11.5. The molecule has 2 amide bonds. The van der Waals surface area contributed by atoms with Crippen molar-refractivity contribution >= 4 is 17.5 Å². The highest BCUT2D eigenvalue weighted by molar-refractivity contribution is 5.94. The van der Waals surface area contributed by atoms with Crippen LogP contribution in [0.25, 0.3) is 0 Å². The summed E-state index contributed by atoms with van der Waals surface area (Å²) in [6.07, 6.45) is -0.747. The first-order valence-electron chi connectivity index (χ1n) is 7.47. The van der Waals surface area contributed by atoms with Crippen LogP contribution in [0.3, 0.4) is 0 Å². The second-order valence-corrected chi connectivity index (χ2v) is 5.17. The van der Waals surface area contributed by atoms with Gasteiger partial charge in [-0.25, -0.2) is 0 Å². The minimum absolute atomic E-state index is 0.240. The van der Waals surface area contributed by atoms with E-state index < -0.39 is 12.0 Å². The number of nitrogens with two attached hydrogens (primary N) is 1. The van der Waals surface area contributed by atoms with Gasteiger partial charge < -0.3 is 20.5 Å². The molecule has 0 aliphatic rings. The molecule has 0 bridgehead atoms. The maximum Gasteiger partial charge on any atom is 0.265 e. The summed E-state index contributed by atoms with van der Waals surface area (Å²) in [4.78, 5) is 22.9. The third-order valence-electron chi connectivity index (χ3n) is 3.15. The zero-order chi connectivity index (χ0) is 18.2. The smallest absolute Gasteiger partial charge is 0.265 e. The van der Waals surface area contributed by atoms with Gasteiger partial charge in [-0.15, -0.1) is 0 Å². The fourth-order valence-corrected chi connectivity index (χ4v) is 1.93. The number of anilines is 1. The Balaban J connectivity index is 1.95. The van der Waals surface area contributed by atoms with Crippen molar-refractivity contribution in [2.45, 2.75) is 13.0 Å². The predicted octanol–water partition coefficient (Wildman–Crippen LogP) is 1.83.